The lowest BCUT2D eigenvalue weighted by molar-refractivity contribution is 0.878. The number of aromatic amines is 1. The molecule has 6 aromatic carbocycles. The van der Waals surface area contributed by atoms with Crippen LogP contribution in [-0.2, 0) is 0 Å². The lowest BCUT2D eigenvalue weighted by Crippen LogP contribution is -1.85. The summed E-state index contributed by atoms with van der Waals surface area (Å²) in [5.74, 6) is 0.996. The van der Waals surface area contributed by atoms with E-state index in [9.17, 15) is 0 Å². The second kappa shape index (κ2) is 10.0. The van der Waals surface area contributed by atoms with Crippen LogP contribution in [0.25, 0.3) is 84.4 Å². The van der Waals surface area contributed by atoms with Crippen molar-refractivity contribution in [1.82, 2.24) is 4.98 Å². The van der Waals surface area contributed by atoms with Gasteiger partial charge in [-0.05, 0) is 69.5 Å². The number of nitrogens with one attached hydrogen (secondary N) is 1. The van der Waals surface area contributed by atoms with E-state index in [1.54, 1.807) is 0 Å². The molecule has 0 aliphatic heterocycles. The summed E-state index contributed by atoms with van der Waals surface area (Å²) in [7, 11) is 0. The molecule has 1 N–H and O–H groups in total. The largest absolute Gasteiger partial charge is 0.355 e. The Bertz CT molecular complexity index is 2430. The van der Waals surface area contributed by atoms with Gasteiger partial charge in [0.2, 0.25) is 0 Å². The van der Waals surface area contributed by atoms with Gasteiger partial charge in [-0.2, -0.15) is 0 Å². The minimum atomic E-state index is 0.498. The van der Waals surface area contributed by atoms with Crippen molar-refractivity contribution in [2.45, 2.75) is 39.5 Å². The predicted octanol–water partition coefficient (Wildman–Crippen LogP) is 13.6. The number of thiophene rings is 2. The Balaban J connectivity index is 1.23. The molecule has 9 aromatic rings. The molecule has 0 unspecified atom stereocenters. The van der Waals surface area contributed by atoms with Crippen molar-refractivity contribution in [2.24, 2.45) is 0 Å². The van der Waals surface area contributed by atoms with Crippen molar-refractivity contribution < 1.29 is 0 Å². The number of hydrogen-bond donors (Lipinski definition) is 1. The van der Waals surface area contributed by atoms with Crippen molar-refractivity contribution in [1.29, 1.82) is 0 Å². The van der Waals surface area contributed by atoms with Crippen LogP contribution in [0.3, 0.4) is 0 Å². The zero-order chi connectivity index (χ0) is 30.4. The van der Waals surface area contributed by atoms with Crippen LogP contribution < -0.4 is 0 Å². The van der Waals surface area contributed by atoms with Crippen molar-refractivity contribution in [3.63, 3.8) is 0 Å². The Hall–Kier alpha value is -4.44. The van der Waals surface area contributed by atoms with Crippen LogP contribution in [0.4, 0.5) is 0 Å². The first-order chi connectivity index (χ1) is 22.0. The maximum Gasteiger partial charge on any atom is 0.0465 e. The molecule has 0 atom stereocenters. The van der Waals surface area contributed by atoms with Crippen molar-refractivity contribution >= 4 is 84.8 Å². The fourth-order valence-electron chi connectivity index (χ4n) is 7.28. The average molecular weight is 616 g/mol. The van der Waals surface area contributed by atoms with E-state index in [2.05, 4.69) is 142 Å². The number of benzene rings is 6. The van der Waals surface area contributed by atoms with E-state index in [-0.39, 0.29) is 0 Å². The molecule has 45 heavy (non-hydrogen) atoms. The van der Waals surface area contributed by atoms with Crippen LogP contribution in [0.1, 0.15) is 50.7 Å². The highest BCUT2D eigenvalue weighted by Crippen LogP contribution is 2.45. The Morgan fingerprint density at radius 2 is 0.822 bits per heavy atom. The molecule has 3 aromatic heterocycles. The van der Waals surface area contributed by atoms with E-state index in [1.165, 1.54) is 95.5 Å². The second-order valence-corrected chi connectivity index (χ2v) is 15.0. The van der Waals surface area contributed by atoms with Crippen molar-refractivity contribution in [3.8, 4) is 22.3 Å². The highest BCUT2D eigenvalue weighted by Gasteiger charge is 2.17. The SMILES string of the molecule is CC(C)c1cccc2c1sc1c(-c3ccc4[nH]c5ccc(-c6cccc7c6sc6c(C(C)C)cccc67)cc5c4c3)cccc12. The Morgan fingerprint density at radius 3 is 1.24 bits per heavy atom. The molecule has 3 heteroatoms. The normalized spacial score (nSPS) is 12.4. The van der Waals surface area contributed by atoms with E-state index in [0.29, 0.717) is 11.8 Å². The van der Waals surface area contributed by atoms with Crippen LogP contribution in [0.15, 0.2) is 109 Å². The van der Waals surface area contributed by atoms with Gasteiger partial charge in [-0.3, -0.25) is 0 Å². The number of aromatic nitrogens is 1. The highest BCUT2D eigenvalue weighted by atomic mass is 32.1. The molecule has 3 heterocycles. The van der Waals surface area contributed by atoms with Gasteiger partial charge in [-0.1, -0.05) is 113 Å². The van der Waals surface area contributed by atoms with Gasteiger partial charge in [0.25, 0.3) is 0 Å². The number of H-pyrrole nitrogens is 1. The van der Waals surface area contributed by atoms with Crippen LogP contribution >= 0.6 is 22.7 Å². The van der Waals surface area contributed by atoms with Gasteiger partial charge >= 0.3 is 0 Å². The summed E-state index contributed by atoms with van der Waals surface area (Å²) in [6, 6.07) is 41.1. The van der Waals surface area contributed by atoms with Gasteiger partial charge < -0.3 is 4.98 Å². The van der Waals surface area contributed by atoms with Crippen LogP contribution in [-0.4, -0.2) is 4.98 Å². The average Bonchev–Trinajstić information content (AvgIpc) is 3.74. The van der Waals surface area contributed by atoms with Gasteiger partial charge in [0.05, 0.1) is 0 Å². The third-order valence-corrected chi connectivity index (χ3v) is 12.2. The molecular weight excluding hydrogens is 583 g/mol. The minimum Gasteiger partial charge on any atom is -0.355 e. The lowest BCUT2D eigenvalue weighted by Gasteiger charge is -2.06. The summed E-state index contributed by atoms with van der Waals surface area (Å²) in [5, 5.41) is 8.00. The third-order valence-electron chi connectivity index (χ3n) is 9.57. The molecule has 1 nitrogen and oxygen atoms in total. The number of rotatable bonds is 4. The molecule has 0 amide bonds. The topological polar surface area (TPSA) is 15.8 Å². The monoisotopic (exact) mass is 615 g/mol. The van der Waals surface area contributed by atoms with Crippen molar-refractivity contribution in [3.05, 3.63) is 120 Å². The fraction of sp³-hybridized carbons (Fsp3) is 0.143. The molecule has 0 saturated carbocycles. The van der Waals surface area contributed by atoms with E-state index in [0.717, 1.165) is 0 Å². The first-order valence-corrected chi connectivity index (χ1v) is 17.5. The van der Waals surface area contributed by atoms with Gasteiger partial charge in [-0.25, -0.2) is 0 Å². The Morgan fingerprint density at radius 1 is 0.422 bits per heavy atom. The molecule has 0 spiro atoms. The van der Waals surface area contributed by atoms with E-state index in [4.69, 9.17) is 0 Å². The Labute approximate surface area is 270 Å². The molecule has 0 saturated heterocycles. The maximum atomic E-state index is 3.70. The smallest absolute Gasteiger partial charge is 0.0465 e. The number of fused-ring (bicyclic) bond motifs is 9. The van der Waals surface area contributed by atoms with E-state index in [1.807, 2.05) is 22.7 Å². The first kappa shape index (κ1) is 26.9. The molecule has 0 aliphatic rings. The molecule has 0 fully saturated rings. The number of hydrogen-bond acceptors (Lipinski definition) is 2. The Kier molecular flexibility index (Phi) is 6.00. The molecular formula is C42H33NS2. The summed E-state index contributed by atoms with van der Waals surface area (Å²) in [6.07, 6.45) is 0. The minimum absolute atomic E-state index is 0.498. The van der Waals surface area contributed by atoms with Crippen LogP contribution in [0.5, 0.6) is 0 Å². The van der Waals surface area contributed by atoms with Crippen LogP contribution in [0.2, 0.25) is 0 Å². The van der Waals surface area contributed by atoms with Crippen LogP contribution in [0, 0.1) is 0 Å². The van der Waals surface area contributed by atoms with Crippen molar-refractivity contribution in [2.75, 3.05) is 0 Å². The summed E-state index contributed by atoms with van der Waals surface area (Å²) in [6.45, 7) is 9.18. The van der Waals surface area contributed by atoms with Gasteiger partial charge in [-0.15, -0.1) is 22.7 Å². The van der Waals surface area contributed by atoms with E-state index < -0.39 is 0 Å². The maximum absolute atomic E-state index is 3.70. The lowest BCUT2D eigenvalue weighted by atomic mass is 9.97. The zero-order valence-electron chi connectivity index (χ0n) is 25.9. The fourth-order valence-corrected chi connectivity index (χ4v) is 10.3. The molecule has 0 aliphatic carbocycles. The van der Waals surface area contributed by atoms with E-state index >= 15 is 0 Å². The van der Waals surface area contributed by atoms with Gasteiger partial charge in [0.15, 0.2) is 0 Å². The molecule has 0 bridgehead atoms. The summed E-state index contributed by atoms with van der Waals surface area (Å²) in [5.41, 5.74) is 10.4. The quantitative estimate of drug-likeness (QED) is 0.203. The predicted molar refractivity (Wildman–Crippen MR) is 201 cm³/mol. The summed E-state index contributed by atoms with van der Waals surface area (Å²) in [4.78, 5) is 3.70. The third kappa shape index (κ3) is 4.04. The summed E-state index contributed by atoms with van der Waals surface area (Å²) >= 11 is 3.90. The second-order valence-electron chi connectivity index (χ2n) is 13.0. The molecule has 0 radical (unpaired) electrons. The van der Waals surface area contributed by atoms with Gasteiger partial charge in [0, 0.05) is 62.2 Å². The van der Waals surface area contributed by atoms with Gasteiger partial charge in [0.1, 0.15) is 0 Å². The highest BCUT2D eigenvalue weighted by molar-refractivity contribution is 7.27. The first-order valence-electron chi connectivity index (χ1n) is 15.9. The standard InChI is InChI=1S/C42H33NS2/c1-23(2)27-9-5-13-31-33-15-7-11-29(41(33)44-39(27)31)25-17-19-37-35(21-25)36-22-26(18-20-38(36)43-37)30-12-8-16-34-32-14-6-10-28(24(3)4)40(32)45-42(30)34/h5-24,43H,1-4H3. The molecule has 218 valence electrons. The zero-order valence-corrected chi connectivity index (χ0v) is 27.5. The molecule has 9 rings (SSSR count). The summed E-state index contributed by atoms with van der Waals surface area (Å²) < 4.78 is 5.59.